The Bertz CT molecular complexity index is 242. The first kappa shape index (κ1) is 9.96. The summed E-state index contributed by atoms with van der Waals surface area (Å²) in [6.45, 7) is 1.25. The van der Waals surface area contributed by atoms with E-state index in [1.807, 2.05) is 36.4 Å². The van der Waals surface area contributed by atoms with Crippen LogP contribution in [0, 0.1) is 0 Å². The minimum absolute atomic E-state index is 0.0781. The molecule has 1 rings (SSSR count). The van der Waals surface area contributed by atoms with Crippen molar-refractivity contribution in [3.8, 4) is 0 Å². The van der Waals surface area contributed by atoms with Crippen LogP contribution in [0.3, 0.4) is 0 Å². The van der Waals surface area contributed by atoms with Crippen LogP contribution in [0.25, 0.3) is 0 Å². The monoisotopic (exact) mass is 179 g/mol. The average Bonchev–Trinajstić information content (AvgIpc) is 2.19. The highest BCUT2D eigenvalue weighted by molar-refractivity contribution is 5.13. The number of hydrogen-bond donors (Lipinski definition) is 1. The van der Waals surface area contributed by atoms with E-state index in [9.17, 15) is 0 Å². The molecule has 0 aliphatic heterocycles. The normalized spacial score (nSPS) is 10.8. The zero-order valence-electron chi connectivity index (χ0n) is 7.52. The second-order valence-electron chi connectivity index (χ2n) is 2.65. The summed E-state index contributed by atoms with van der Waals surface area (Å²) in [7, 11) is 0. The Hall–Kier alpha value is -1.12. The van der Waals surface area contributed by atoms with Crippen molar-refractivity contribution in [3.63, 3.8) is 0 Å². The Kier molecular flexibility index (Phi) is 4.91. The van der Waals surface area contributed by atoms with Crippen molar-refractivity contribution in [3.05, 3.63) is 48.0 Å². The van der Waals surface area contributed by atoms with E-state index < -0.39 is 0 Å². The molecule has 1 aromatic carbocycles. The number of benzene rings is 1. The third-order valence-electron chi connectivity index (χ3n) is 1.60. The zero-order chi connectivity index (χ0) is 9.36. The molecule has 13 heavy (non-hydrogen) atoms. The molecule has 1 aromatic rings. The molecule has 0 spiro atoms. The molecule has 0 heterocycles. The lowest BCUT2D eigenvalue weighted by molar-refractivity contribution is 0.148. The molecule has 2 heteroatoms. The molecule has 0 bridgehead atoms. The second kappa shape index (κ2) is 6.40. The van der Waals surface area contributed by atoms with E-state index in [-0.39, 0.29) is 6.61 Å². The molecule has 0 saturated carbocycles. The maximum atomic E-state index is 8.44. The number of aliphatic hydroxyl groups is 1. The summed E-state index contributed by atoms with van der Waals surface area (Å²) in [6, 6.07) is 10.0. The fraction of sp³-hybridized carbons (Fsp3) is 0.273. The molecule has 0 fully saturated rings. The Morgan fingerprint density at radius 2 is 1.92 bits per heavy atom. The van der Waals surface area contributed by atoms with Gasteiger partial charge in [-0.1, -0.05) is 42.5 Å². The minimum Gasteiger partial charge on any atom is -0.392 e. The molecule has 0 unspecified atom stereocenters. The van der Waals surface area contributed by atoms with Gasteiger partial charge in [-0.15, -0.1) is 0 Å². The van der Waals surface area contributed by atoms with Gasteiger partial charge in [0, 0.05) is 0 Å². The van der Waals surface area contributed by atoms with Gasteiger partial charge < -0.3 is 9.84 Å². The Morgan fingerprint density at radius 3 is 2.62 bits per heavy atom. The van der Waals surface area contributed by atoms with E-state index in [0.29, 0.717) is 13.2 Å². The van der Waals surface area contributed by atoms with Crippen LogP contribution in [0.15, 0.2) is 42.5 Å². The summed E-state index contributed by atoms with van der Waals surface area (Å²) in [5.74, 6) is 0. The molecule has 0 saturated heterocycles. The van der Waals surface area contributed by atoms with Crippen molar-refractivity contribution in [2.45, 2.75) is 6.61 Å². The molecule has 2 nitrogen and oxygen atoms in total. The van der Waals surface area contributed by atoms with Gasteiger partial charge in [0.1, 0.15) is 0 Å². The van der Waals surface area contributed by atoms with Crippen LogP contribution in [0.2, 0.25) is 0 Å². The molecule has 0 aliphatic carbocycles. The van der Waals surface area contributed by atoms with Gasteiger partial charge in [0.05, 0.1) is 19.8 Å². The first-order chi connectivity index (χ1) is 6.43. The van der Waals surface area contributed by atoms with Crippen LogP contribution in [-0.4, -0.2) is 18.3 Å². The highest BCUT2D eigenvalue weighted by Gasteiger charge is 1.88. The second-order valence-corrected chi connectivity index (χ2v) is 2.65. The largest absolute Gasteiger partial charge is 0.392 e. The fourth-order valence-electron chi connectivity index (χ4n) is 0.962. The molecular formula is C11H14O2. The molecule has 70 valence electrons. The third kappa shape index (κ3) is 4.45. The molecule has 1 N–H and O–H groups in total. The molecule has 0 radical (unpaired) electrons. The van der Waals surface area contributed by atoms with Crippen molar-refractivity contribution in [2.75, 3.05) is 13.2 Å². The van der Waals surface area contributed by atoms with Gasteiger partial charge in [0.15, 0.2) is 0 Å². The Labute approximate surface area is 78.5 Å². The maximum Gasteiger partial charge on any atom is 0.0721 e. The number of rotatable bonds is 5. The summed E-state index contributed by atoms with van der Waals surface area (Å²) in [6.07, 6.45) is 3.48. The van der Waals surface area contributed by atoms with Crippen LogP contribution in [0.5, 0.6) is 0 Å². The fourth-order valence-corrected chi connectivity index (χ4v) is 0.962. The van der Waals surface area contributed by atoms with Crippen molar-refractivity contribution in [1.82, 2.24) is 0 Å². The topological polar surface area (TPSA) is 29.5 Å². The van der Waals surface area contributed by atoms with E-state index >= 15 is 0 Å². The number of ether oxygens (including phenoxy) is 1. The van der Waals surface area contributed by atoms with E-state index in [1.54, 1.807) is 6.08 Å². The lowest BCUT2D eigenvalue weighted by Gasteiger charge is -2.00. The Morgan fingerprint density at radius 1 is 1.15 bits per heavy atom. The van der Waals surface area contributed by atoms with E-state index in [1.165, 1.54) is 5.56 Å². The first-order valence-corrected chi connectivity index (χ1v) is 4.31. The van der Waals surface area contributed by atoms with Crippen LogP contribution >= 0.6 is 0 Å². The van der Waals surface area contributed by atoms with Crippen molar-refractivity contribution in [1.29, 1.82) is 0 Å². The van der Waals surface area contributed by atoms with E-state index in [0.717, 1.165) is 0 Å². The summed E-state index contributed by atoms with van der Waals surface area (Å²) in [5.41, 5.74) is 1.17. The van der Waals surface area contributed by atoms with E-state index in [2.05, 4.69) is 0 Å². The van der Waals surface area contributed by atoms with Crippen molar-refractivity contribution < 1.29 is 9.84 Å². The third-order valence-corrected chi connectivity index (χ3v) is 1.60. The van der Waals surface area contributed by atoms with Gasteiger partial charge in [0.2, 0.25) is 0 Å². The molecule has 0 atom stereocenters. The predicted octanol–water partition coefficient (Wildman–Crippen LogP) is 1.75. The van der Waals surface area contributed by atoms with Crippen molar-refractivity contribution >= 4 is 0 Å². The lowest BCUT2D eigenvalue weighted by Crippen LogP contribution is -1.92. The predicted molar refractivity (Wildman–Crippen MR) is 52.3 cm³/mol. The lowest BCUT2D eigenvalue weighted by atomic mass is 10.2. The summed E-state index contributed by atoms with van der Waals surface area (Å²) >= 11 is 0. The molecule has 0 aliphatic rings. The maximum absolute atomic E-state index is 8.44. The van der Waals surface area contributed by atoms with Gasteiger partial charge in [-0.3, -0.25) is 0 Å². The van der Waals surface area contributed by atoms with Crippen LogP contribution in [-0.2, 0) is 11.3 Å². The van der Waals surface area contributed by atoms with Crippen LogP contribution < -0.4 is 0 Å². The molecular weight excluding hydrogens is 165 g/mol. The first-order valence-electron chi connectivity index (χ1n) is 4.31. The molecule has 0 aromatic heterocycles. The Balaban J connectivity index is 2.17. The zero-order valence-corrected chi connectivity index (χ0v) is 7.52. The highest BCUT2D eigenvalue weighted by atomic mass is 16.5. The highest BCUT2D eigenvalue weighted by Crippen LogP contribution is 1.99. The van der Waals surface area contributed by atoms with Gasteiger partial charge in [-0.25, -0.2) is 0 Å². The smallest absolute Gasteiger partial charge is 0.0721 e. The van der Waals surface area contributed by atoms with Gasteiger partial charge in [-0.2, -0.15) is 0 Å². The summed E-state index contributed by atoms with van der Waals surface area (Å²) in [4.78, 5) is 0. The SMILES string of the molecule is OC/[13CH]=C/COCc1ccccc1. The van der Waals surface area contributed by atoms with Gasteiger partial charge in [-0.05, 0) is 5.56 Å². The van der Waals surface area contributed by atoms with Crippen LogP contribution in [0.1, 0.15) is 5.56 Å². The number of hydrogen-bond acceptors (Lipinski definition) is 2. The molecule has 0 amide bonds. The summed E-state index contributed by atoms with van der Waals surface area (Å²) in [5, 5.41) is 8.44. The van der Waals surface area contributed by atoms with Gasteiger partial charge >= 0.3 is 0 Å². The standard InChI is InChI=1S/C11H14O2/c12-8-4-5-9-13-10-11-6-2-1-3-7-11/h1-7,12H,8-10H2/b5-4+/i4+1. The van der Waals surface area contributed by atoms with Gasteiger partial charge in [0.25, 0.3) is 0 Å². The average molecular weight is 179 g/mol. The minimum atomic E-state index is 0.0781. The quantitative estimate of drug-likeness (QED) is 0.424. The van der Waals surface area contributed by atoms with E-state index in [4.69, 9.17) is 9.84 Å². The van der Waals surface area contributed by atoms with Crippen molar-refractivity contribution in [2.24, 2.45) is 0 Å². The summed E-state index contributed by atoms with van der Waals surface area (Å²) < 4.78 is 5.32. The van der Waals surface area contributed by atoms with Crippen LogP contribution in [0.4, 0.5) is 0 Å². The number of aliphatic hydroxyl groups excluding tert-OH is 1.